The molecule has 33 heavy (non-hydrogen) atoms. The van der Waals surface area contributed by atoms with E-state index in [-0.39, 0.29) is 35.1 Å². The van der Waals surface area contributed by atoms with Crippen molar-refractivity contribution in [1.29, 1.82) is 0 Å². The molecule has 0 spiro atoms. The van der Waals surface area contributed by atoms with Gasteiger partial charge in [-0.05, 0) is 50.8 Å². The Morgan fingerprint density at radius 3 is 2.15 bits per heavy atom. The number of nitrogens with two attached hydrogens (primary N) is 1. The lowest BCUT2D eigenvalue weighted by molar-refractivity contribution is -0.164. The second kappa shape index (κ2) is 10.0. The number of primary sulfonamides is 1. The van der Waals surface area contributed by atoms with Crippen LogP contribution in [-0.2, 0) is 40.4 Å². The normalized spacial score (nSPS) is 22.5. The van der Waals surface area contributed by atoms with Gasteiger partial charge in [-0.3, -0.25) is 19.3 Å². The molecule has 1 aliphatic heterocycles. The SMILES string of the molecule is CC(OC(=O)[C@H](C)N1C(=O)C2CCCCC2C1=O)C(=O)NCCc1ccc(S(N)(=O)=O)cc1. The lowest BCUT2D eigenvalue weighted by atomic mass is 9.81. The highest BCUT2D eigenvalue weighted by Crippen LogP contribution is 2.38. The summed E-state index contributed by atoms with van der Waals surface area (Å²) in [6.45, 7) is 3.08. The van der Waals surface area contributed by atoms with Gasteiger partial charge in [0.1, 0.15) is 6.04 Å². The van der Waals surface area contributed by atoms with Crippen molar-refractivity contribution in [3.8, 4) is 0 Å². The number of rotatable bonds is 8. The molecule has 3 rings (SSSR count). The Labute approximate surface area is 192 Å². The molecule has 0 bridgehead atoms. The molecular weight excluding hydrogens is 450 g/mol. The molecule has 1 heterocycles. The maximum absolute atomic E-state index is 12.6. The summed E-state index contributed by atoms with van der Waals surface area (Å²) >= 11 is 0. The van der Waals surface area contributed by atoms with Crippen LogP contribution < -0.4 is 10.5 Å². The van der Waals surface area contributed by atoms with Crippen LogP contribution in [0.5, 0.6) is 0 Å². The molecule has 3 unspecified atom stereocenters. The van der Waals surface area contributed by atoms with Gasteiger partial charge in [0.15, 0.2) is 6.10 Å². The summed E-state index contributed by atoms with van der Waals surface area (Å²) in [7, 11) is -3.77. The summed E-state index contributed by atoms with van der Waals surface area (Å²) in [5, 5.41) is 7.70. The monoisotopic (exact) mass is 479 g/mol. The first-order valence-electron chi connectivity index (χ1n) is 11.0. The van der Waals surface area contributed by atoms with Crippen LogP contribution in [-0.4, -0.2) is 55.7 Å². The highest BCUT2D eigenvalue weighted by Gasteiger charge is 2.51. The van der Waals surface area contributed by atoms with Gasteiger partial charge in [0.05, 0.1) is 16.7 Å². The number of sulfonamides is 1. The molecule has 0 radical (unpaired) electrons. The number of ether oxygens (including phenoxy) is 1. The van der Waals surface area contributed by atoms with Crippen LogP contribution in [0.4, 0.5) is 0 Å². The van der Waals surface area contributed by atoms with E-state index in [9.17, 15) is 27.6 Å². The van der Waals surface area contributed by atoms with Crippen LogP contribution in [0.2, 0.25) is 0 Å². The van der Waals surface area contributed by atoms with Crippen LogP contribution in [0, 0.1) is 11.8 Å². The highest BCUT2D eigenvalue weighted by molar-refractivity contribution is 7.89. The number of imide groups is 1. The molecule has 1 aliphatic carbocycles. The van der Waals surface area contributed by atoms with E-state index in [0.717, 1.165) is 23.3 Å². The highest BCUT2D eigenvalue weighted by atomic mass is 32.2. The van der Waals surface area contributed by atoms with E-state index >= 15 is 0 Å². The van der Waals surface area contributed by atoms with Crippen molar-refractivity contribution < 1.29 is 32.3 Å². The Balaban J connectivity index is 1.48. The van der Waals surface area contributed by atoms with E-state index in [1.165, 1.54) is 26.0 Å². The van der Waals surface area contributed by atoms with Crippen LogP contribution in [0.15, 0.2) is 29.2 Å². The van der Waals surface area contributed by atoms with Gasteiger partial charge < -0.3 is 10.1 Å². The van der Waals surface area contributed by atoms with Crippen LogP contribution in [0.1, 0.15) is 45.1 Å². The van der Waals surface area contributed by atoms with E-state index in [4.69, 9.17) is 9.88 Å². The maximum Gasteiger partial charge on any atom is 0.329 e. The Morgan fingerprint density at radius 2 is 1.64 bits per heavy atom. The van der Waals surface area contributed by atoms with E-state index < -0.39 is 34.0 Å². The van der Waals surface area contributed by atoms with Crippen molar-refractivity contribution >= 4 is 33.7 Å². The topological polar surface area (TPSA) is 153 Å². The number of nitrogens with zero attached hydrogens (tertiary/aromatic N) is 1. The first kappa shape index (κ1) is 24.8. The fraction of sp³-hybridized carbons (Fsp3) is 0.545. The zero-order valence-electron chi connectivity index (χ0n) is 18.7. The Hall–Kier alpha value is -2.79. The predicted octanol–water partition coefficient (Wildman–Crippen LogP) is 0.488. The van der Waals surface area contributed by atoms with Gasteiger partial charge in [0.2, 0.25) is 21.8 Å². The van der Waals surface area contributed by atoms with E-state index in [2.05, 4.69) is 5.32 Å². The largest absolute Gasteiger partial charge is 0.451 e. The number of nitrogens with one attached hydrogen (secondary N) is 1. The summed E-state index contributed by atoms with van der Waals surface area (Å²) in [5.41, 5.74) is 0.786. The number of hydrogen-bond acceptors (Lipinski definition) is 7. The second-order valence-corrected chi connectivity index (χ2v) is 10.1. The molecule has 2 aliphatic rings. The Morgan fingerprint density at radius 1 is 1.09 bits per heavy atom. The van der Waals surface area contributed by atoms with Crippen molar-refractivity contribution in [3.05, 3.63) is 29.8 Å². The van der Waals surface area contributed by atoms with E-state index in [1.807, 2.05) is 0 Å². The van der Waals surface area contributed by atoms with Crippen LogP contribution >= 0.6 is 0 Å². The minimum absolute atomic E-state index is 0.000780. The Kier molecular flexibility index (Phi) is 7.53. The molecule has 2 fully saturated rings. The molecule has 4 atom stereocenters. The summed E-state index contributed by atoms with van der Waals surface area (Å²) < 4.78 is 27.8. The van der Waals surface area contributed by atoms with Gasteiger partial charge in [-0.25, -0.2) is 18.4 Å². The summed E-state index contributed by atoms with van der Waals surface area (Å²) in [6.07, 6.45) is 2.39. The Bertz CT molecular complexity index is 1010. The van der Waals surface area contributed by atoms with Crippen molar-refractivity contribution in [1.82, 2.24) is 10.2 Å². The number of hydrogen-bond donors (Lipinski definition) is 2. The molecule has 3 N–H and O–H groups in total. The third-order valence-electron chi connectivity index (χ3n) is 6.23. The minimum atomic E-state index is -3.77. The van der Waals surface area contributed by atoms with Gasteiger partial charge in [-0.1, -0.05) is 25.0 Å². The number of carbonyl (C=O) groups excluding carboxylic acids is 4. The minimum Gasteiger partial charge on any atom is -0.451 e. The number of amides is 3. The van der Waals surface area contributed by atoms with Crippen molar-refractivity contribution in [2.45, 2.75) is 63.0 Å². The molecule has 1 saturated carbocycles. The summed E-state index contributed by atoms with van der Waals surface area (Å²) in [4.78, 5) is 51.1. The summed E-state index contributed by atoms with van der Waals surface area (Å²) in [5.74, 6) is -2.72. The maximum atomic E-state index is 12.6. The van der Waals surface area contributed by atoms with Crippen molar-refractivity contribution in [2.75, 3.05) is 6.54 Å². The predicted molar refractivity (Wildman–Crippen MR) is 117 cm³/mol. The number of esters is 1. The fourth-order valence-electron chi connectivity index (χ4n) is 4.32. The smallest absolute Gasteiger partial charge is 0.329 e. The van der Waals surface area contributed by atoms with Gasteiger partial charge in [-0.2, -0.15) is 0 Å². The van der Waals surface area contributed by atoms with Gasteiger partial charge in [0.25, 0.3) is 5.91 Å². The lowest BCUT2D eigenvalue weighted by Gasteiger charge is -2.23. The molecule has 3 amide bonds. The zero-order chi connectivity index (χ0) is 24.3. The zero-order valence-corrected chi connectivity index (χ0v) is 19.5. The van der Waals surface area contributed by atoms with Crippen molar-refractivity contribution in [2.24, 2.45) is 17.0 Å². The quantitative estimate of drug-likeness (QED) is 0.406. The van der Waals surface area contributed by atoms with Gasteiger partial charge in [0, 0.05) is 6.54 Å². The molecule has 1 aromatic rings. The number of benzene rings is 1. The first-order chi connectivity index (χ1) is 15.5. The molecule has 0 aromatic heterocycles. The van der Waals surface area contributed by atoms with E-state index in [0.29, 0.717) is 19.3 Å². The third-order valence-corrected chi connectivity index (χ3v) is 7.16. The average molecular weight is 480 g/mol. The molecule has 1 aromatic carbocycles. The van der Waals surface area contributed by atoms with Crippen molar-refractivity contribution in [3.63, 3.8) is 0 Å². The number of likely N-dealkylation sites (tertiary alicyclic amines) is 1. The molecule has 180 valence electrons. The van der Waals surface area contributed by atoms with E-state index in [1.54, 1.807) is 12.1 Å². The molecule has 1 saturated heterocycles. The lowest BCUT2D eigenvalue weighted by Crippen LogP contribution is -2.46. The van der Waals surface area contributed by atoms with Crippen LogP contribution in [0.25, 0.3) is 0 Å². The standard InChI is InChI=1S/C22H29N3O7S/c1-13(25-20(27)17-5-3-4-6-18(17)21(25)28)22(29)32-14(2)19(26)24-12-11-15-7-9-16(10-8-15)33(23,30)31/h7-10,13-14,17-18H,3-6,11-12H2,1-2H3,(H,24,26)(H2,23,30,31)/t13-,14?,17?,18?/m0/s1. The first-order valence-corrected chi connectivity index (χ1v) is 12.5. The molecular formula is C22H29N3O7S. The van der Waals surface area contributed by atoms with Gasteiger partial charge >= 0.3 is 5.97 Å². The third kappa shape index (κ3) is 5.59. The fourth-order valence-corrected chi connectivity index (χ4v) is 4.84. The summed E-state index contributed by atoms with van der Waals surface area (Å²) in [6, 6.07) is 4.87. The van der Waals surface area contributed by atoms with Crippen LogP contribution in [0.3, 0.4) is 0 Å². The second-order valence-electron chi connectivity index (χ2n) is 8.53. The van der Waals surface area contributed by atoms with Gasteiger partial charge in [-0.15, -0.1) is 0 Å². The number of carbonyl (C=O) groups is 4. The average Bonchev–Trinajstić information content (AvgIpc) is 3.03. The molecule has 10 nitrogen and oxygen atoms in total. The molecule has 11 heteroatoms. The number of fused-ring (bicyclic) bond motifs is 1.